The highest BCUT2D eigenvalue weighted by Gasteiger charge is 2.19. The lowest BCUT2D eigenvalue weighted by Gasteiger charge is -2.21. The van der Waals surface area contributed by atoms with Crippen LogP contribution >= 0.6 is 11.6 Å². The molecule has 0 aliphatic heterocycles. The number of hydrogen-bond donors (Lipinski definition) is 2. The fourth-order valence-electron chi connectivity index (χ4n) is 2.01. The van der Waals surface area contributed by atoms with Gasteiger partial charge in [0.15, 0.2) is 0 Å². The molecule has 0 spiro atoms. The largest absolute Gasteiger partial charge is 0.480 e. The fourth-order valence-corrected chi connectivity index (χ4v) is 2.14. The monoisotopic (exact) mass is 312 g/mol. The van der Waals surface area contributed by atoms with E-state index in [-0.39, 0.29) is 12.5 Å². The summed E-state index contributed by atoms with van der Waals surface area (Å²) in [5.41, 5.74) is 6.02. The standard InChI is InChI=1S/C15H21ClN2O3/c1-11(8-9-17)2-7-14(19)18(10-15(20)21)13-5-3-12(16)4-6-13/h3-6,11H,2,7-10,17H2,1H3,(H,20,21). The van der Waals surface area contributed by atoms with Gasteiger partial charge < -0.3 is 15.7 Å². The van der Waals surface area contributed by atoms with Crippen molar-refractivity contribution in [2.75, 3.05) is 18.0 Å². The number of halogens is 1. The molecule has 0 aliphatic carbocycles. The van der Waals surface area contributed by atoms with E-state index in [1.54, 1.807) is 24.3 Å². The second-order valence-corrected chi connectivity index (χ2v) is 5.51. The number of benzene rings is 1. The Balaban J connectivity index is 2.75. The molecule has 1 rings (SSSR count). The molecule has 5 nitrogen and oxygen atoms in total. The highest BCUT2D eigenvalue weighted by Crippen LogP contribution is 2.20. The average Bonchev–Trinajstić information content (AvgIpc) is 2.43. The SMILES string of the molecule is CC(CCN)CCC(=O)N(CC(=O)O)c1ccc(Cl)cc1. The molecule has 0 aliphatic rings. The number of amides is 1. The van der Waals surface area contributed by atoms with Gasteiger partial charge in [-0.25, -0.2) is 0 Å². The molecule has 0 bridgehead atoms. The number of rotatable bonds is 8. The molecule has 1 unspecified atom stereocenters. The van der Waals surface area contributed by atoms with E-state index in [9.17, 15) is 9.59 Å². The van der Waals surface area contributed by atoms with Gasteiger partial charge in [0.25, 0.3) is 0 Å². The normalized spacial score (nSPS) is 12.0. The highest BCUT2D eigenvalue weighted by molar-refractivity contribution is 6.30. The minimum absolute atomic E-state index is 0.205. The summed E-state index contributed by atoms with van der Waals surface area (Å²) >= 11 is 5.81. The minimum atomic E-state index is -1.05. The first-order valence-corrected chi connectivity index (χ1v) is 7.29. The molecule has 1 aromatic carbocycles. The molecule has 6 heteroatoms. The second kappa shape index (κ2) is 8.64. The van der Waals surface area contributed by atoms with Crippen LogP contribution in [0.1, 0.15) is 26.2 Å². The number of hydrogen-bond acceptors (Lipinski definition) is 3. The zero-order chi connectivity index (χ0) is 15.8. The van der Waals surface area contributed by atoms with E-state index in [0.717, 1.165) is 6.42 Å². The molecule has 0 saturated carbocycles. The first-order valence-electron chi connectivity index (χ1n) is 6.91. The lowest BCUT2D eigenvalue weighted by Crippen LogP contribution is -2.35. The molecule has 0 radical (unpaired) electrons. The summed E-state index contributed by atoms with van der Waals surface area (Å²) in [5, 5.41) is 9.51. The molecule has 0 saturated heterocycles. The van der Waals surface area contributed by atoms with Crippen LogP contribution in [-0.4, -0.2) is 30.1 Å². The maximum atomic E-state index is 12.3. The quantitative estimate of drug-likeness (QED) is 0.772. The second-order valence-electron chi connectivity index (χ2n) is 5.07. The Hall–Kier alpha value is -1.59. The molecular weight excluding hydrogens is 292 g/mol. The van der Waals surface area contributed by atoms with Crippen molar-refractivity contribution in [1.29, 1.82) is 0 Å². The van der Waals surface area contributed by atoms with Crippen molar-refractivity contribution in [3.8, 4) is 0 Å². The van der Waals surface area contributed by atoms with Crippen molar-refractivity contribution in [1.82, 2.24) is 0 Å². The lowest BCUT2D eigenvalue weighted by atomic mass is 10.0. The Bertz CT molecular complexity index is 476. The minimum Gasteiger partial charge on any atom is -0.480 e. The lowest BCUT2D eigenvalue weighted by molar-refractivity contribution is -0.136. The molecule has 0 aromatic heterocycles. The molecule has 1 aromatic rings. The number of carbonyl (C=O) groups is 2. The molecule has 116 valence electrons. The van der Waals surface area contributed by atoms with Crippen LogP contribution in [0, 0.1) is 5.92 Å². The van der Waals surface area contributed by atoms with Crippen LogP contribution in [0.5, 0.6) is 0 Å². The first-order chi connectivity index (χ1) is 9.93. The van der Waals surface area contributed by atoms with Crippen molar-refractivity contribution >= 4 is 29.2 Å². The Morgan fingerprint density at radius 1 is 1.29 bits per heavy atom. The zero-order valence-electron chi connectivity index (χ0n) is 12.1. The summed E-state index contributed by atoms with van der Waals surface area (Å²) in [6.07, 6.45) is 1.85. The van der Waals surface area contributed by atoms with Crippen LogP contribution in [-0.2, 0) is 9.59 Å². The molecule has 1 amide bonds. The van der Waals surface area contributed by atoms with Gasteiger partial charge in [0.2, 0.25) is 5.91 Å². The van der Waals surface area contributed by atoms with Gasteiger partial charge in [0, 0.05) is 17.1 Å². The van der Waals surface area contributed by atoms with Crippen LogP contribution in [0.2, 0.25) is 5.02 Å². The number of nitrogens with zero attached hydrogens (tertiary/aromatic N) is 1. The van der Waals surface area contributed by atoms with Crippen LogP contribution in [0.15, 0.2) is 24.3 Å². The number of carbonyl (C=O) groups excluding carboxylic acids is 1. The molecule has 0 fully saturated rings. The third-order valence-electron chi connectivity index (χ3n) is 3.24. The van der Waals surface area contributed by atoms with Crippen LogP contribution < -0.4 is 10.6 Å². The van der Waals surface area contributed by atoms with E-state index in [2.05, 4.69) is 0 Å². The van der Waals surface area contributed by atoms with E-state index in [0.29, 0.717) is 36.0 Å². The molecule has 3 N–H and O–H groups in total. The molecular formula is C15H21ClN2O3. The van der Waals surface area contributed by atoms with E-state index in [1.165, 1.54) is 4.90 Å². The Morgan fingerprint density at radius 3 is 2.43 bits per heavy atom. The smallest absolute Gasteiger partial charge is 0.323 e. The van der Waals surface area contributed by atoms with Crippen molar-refractivity contribution < 1.29 is 14.7 Å². The van der Waals surface area contributed by atoms with Gasteiger partial charge in [0.05, 0.1) is 0 Å². The summed E-state index contributed by atoms with van der Waals surface area (Å²) in [6.45, 7) is 2.26. The number of anilines is 1. The maximum Gasteiger partial charge on any atom is 0.323 e. The van der Waals surface area contributed by atoms with Gasteiger partial charge in [-0.05, 0) is 49.6 Å². The van der Waals surface area contributed by atoms with E-state index in [4.69, 9.17) is 22.4 Å². The van der Waals surface area contributed by atoms with Crippen molar-refractivity contribution in [3.05, 3.63) is 29.3 Å². The summed E-state index contributed by atoms with van der Waals surface area (Å²) < 4.78 is 0. The highest BCUT2D eigenvalue weighted by atomic mass is 35.5. The summed E-state index contributed by atoms with van der Waals surface area (Å²) in [5.74, 6) is -0.909. The Kier molecular flexibility index (Phi) is 7.19. The first kappa shape index (κ1) is 17.5. The van der Waals surface area contributed by atoms with Crippen molar-refractivity contribution in [2.24, 2.45) is 11.7 Å². The summed E-state index contributed by atoms with van der Waals surface area (Å²) in [7, 11) is 0. The van der Waals surface area contributed by atoms with E-state index < -0.39 is 5.97 Å². The number of nitrogens with two attached hydrogens (primary N) is 1. The van der Waals surface area contributed by atoms with Crippen LogP contribution in [0.25, 0.3) is 0 Å². The van der Waals surface area contributed by atoms with Crippen molar-refractivity contribution in [3.63, 3.8) is 0 Å². The summed E-state index contributed by atoms with van der Waals surface area (Å²) in [4.78, 5) is 24.5. The van der Waals surface area contributed by atoms with Gasteiger partial charge in [-0.1, -0.05) is 18.5 Å². The molecule has 21 heavy (non-hydrogen) atoms. The Morgan fingerprint density at radius 2 is 1.90 bits per heavy atom. The third kappa shape index (κ3) is 6.14. The zero-order valence-corrected chi connectivity index (χ0v) is 12.8. The van der Waals surface area contributed by atoms with E-state index in [1.807, 2.05) is 6.92 Å². The van der Waals surface area contributed by atoms with Crippen molar-refractivity contribution in [2.45, 2.75) is 26.2 Å². The van der Waals surface area contributed by atoms with Gasteiger partial charge in [-0.2, -0.15) is 0 Å². The van der Waals surface area contributed by atoms with E-state index >= 15 is 0 Å². The fraction of sp³-hybridized carbons (Fsp3) is 0.467. The third-order valence-corrected chi connectivity index (χ3v) is 3.50. The van der Waals surface area contributed by atoms with Gasteiger partial charge in [-0.3, -0.25) is 9.59 Å². The predicted octanol–water partition coefficient (Wildman–Crippen LogP) is 2.52. The molecule has 1 atom stereocenters. The summed E-state index contributed by atoms with van der Waals surface area (Å²) in [6, 6.07) is 6.56. The number of carboxylic acids is 1. The Labute approximate surface area is 129 Å². The number of aliphatic carboxylic acids is 1. The van der Waals surface area contributed by atoms with Crippen LogP contribution in [0.4, 0.5) is 5.69 Å². The van der Waals surface area contributed by atoms with Gasteiger partial charge in [0.1, 0.15) is 6.54 Å². The average molecular weight is 313 g/mol. The molecule has 0 heterocycles. The number of carboxylic acid groups (broad SMARTS) is 1. The van der Waals surface area contributed by atoms with Gasteiger partial charge >= 0.3 is 5.97 Å². The maximum absolute atomic E-state index is 12.3. The van der Waals surface area contributed by atoms with Gasteiger partial charge in [-0.15, -0.1) is 0 Å². The predicted molar refractivity (Wildman–Crippen MR) is 83.5 cm³/mol. The van der Waals surface area contributed by atoms with Crippen LogP contribution in [0.3, 0.4) is 0 Å². The topological polar surface area (TPSA) is 83.6 Å².